The molecule has 0 amide bonds. The van der Waals surface area contributed by atoms with E-state index in [2.05, 4.69) is 32.3 Å². The lowest BCUT2D eigenvalue weighted by Gasteiger charge is -2.30. The van der Waals surface area contributed by atoms with Crippen molar-refractivity contribution in [2.45, 2.75) is 13.0 Å². The smallest absolute Gasteiger partial charge is 0.245 e. The highest BCUT2D eigenvalue weighted by Gasteiger charge is 2.20. The monoisotopic (exact) mass is 295 g/mol. The Morgan fingerprint density at radius 2 is 2.30 bits per heavy atom. The van der Waals surface area contributed by atoms with Gasteiger partial charge in [0.1, 0.15) is 5.82 Å². The molecule has 0 saturated carbocycles. The van der Waals surface area contributed by atoms with Gasteiger partial charge in [-0.3, -0.25) is 5.10 Å². The minimum absolute atomic E-state index is 0.363. The van der Waals surface area contributed by atoms with Gasteiger partial charge in [-0.15, -0.1) is 5.10 Å². The van der Waals surface area contributed by atoms with Gasteiger partial charge in [0.15, 0.2) is 5.82 Å². The number of hydrogen-bond acceptors (Lipinski definition) is 4. The molecular weight excluding hydrogens is 281 g/mol. The maximum Gasteiger partial charge on any atom is 0.245 e. The van der Waals surface area contributed by atoms with Gasteiger partial charge in [0.2, 0.25) is 5.95 Å². The van der Waals surface area contributed by atoms with Gasteiger partial charge in [0, 0.05) is 30.7 Å². The third-order valence-corrected chi connectivity index (χ3v) is 3.55. The fraction of sp³-hybridized carbons (Fsp3) is 0.385. The Kier molecular flexibility index (Phi) is 3.58. The van der Waals surface area contributed by atoms with Crippen LogP contribution in [0.2, 0.25) is 5.02 Å². The second-order valence-corrected chi connectivity index (χ2v) is 5.35. The molecule has 0 radical (unpaired) electrons. The summed E-state index contributed by atoms with van der Waals surface area (Å²) in [5.41, 5.74) is 0.372. The Hall–Kier alpha value is -1.66. The van der Waals surface area contributed by atoms with Gasteiger partial charge in [-0.1, -0.05) is 11.6 Å². The number of H-pyrrole nitrogens is 1. The van der Waals surface area contributed by atoms with E-state index >= 15 is 0 Å². The first-order valence-electron chi connectivity index (χ1n) is 6.49. The summed E-state index contributed by atoms with van der Waals surface area (Å²) in [6.45, 7) is 4.67. The van der Waals surface area contributed by atoms with Crippen molar-refractivity contribution < 1.29 is 4.39 Å². The largest absolute Gasteiger partial charge is 0.337 e. The molecule has 106 valence electrons. The van der Waals surface area contributed by atoms with Crippen molar-refractivity contribution in [2.75, 3.05) is 24.5 Å². The van der Waals surface area contributed by atoms with Crippen molar-refractivity contribution in [1.82, 2.24) is 20.5 Å². The maximum absolute atomic E-state index is 13.9. The average Bonchev–Trinajstić information content (AvgIpc) is 2.88. The maximum atomic E-state index is 13.9. The third-order valence-electron chi connectivity index (χ3n) is 3.31. The van der Waals surface area contributed by atoms with Crippen LogP contribution < -0.4 is 10.2 Å². The first-order chi connectivity index (χ1) is 9.63. The standard InChI is InChI=1S/C13H15ClFN5/c1-8-7-20(5-4-16-8)13-17-12(18-19-13)10-3-2-9(14)6-11(10)15/h2-3,6,8,16H,4-5,7H2,1H3,(H,17,18,19)/t8-/m1/s1. The van der Waals surface area contributed by atoms with E-state index in [0.29, 0.717) is 28.4 Å². The lowest BCUT2D eigenvalue weighted by Crippen LogP contribution is -2.49. The molecular formula is C13H15ClFN5. The molecule has 1 aliphatic heterocycles. The van der Waals surface area contributed by atoms with E-state index in [1.165, 1.54) is 6.07 Å². The van der Waals surface area contributed by atoms with Crippen LogP contribution in [0, 0.1) is 5.82 Å². The van der Waals surface area contributed by atoms with E-state index in [1.807, 2.05) is 0 Å². The zero-order valence-corrected chi connectivity index (χ0v) is 11.8. The van der Waals surface area contributed by atoms with Gasteiger partial charge >= 0.3 is 0 Å². The van der Waals surface area contributed by atoms with Crippen LogP contribution in [0.1, 0.15) is 6.92 Å². The Bertz CT molecular complexity index is 615. The zero-order valence-electron chi connectivity index (χ0n) is 11.0. The van der Waals surface area contributed by atoms with Crippen molar-refractivity contribution in [1.29, 1.82) is 0 Å². The normalized spacial score (nSPS) is 19.4. The summed E-state index contributed by atoms with van der Waals surface area (Å²) < 4.78 is 13.9. The summed E-state index contributed by atoms with van der Waals surface area (Å²) in [7, 11) is 0. The highest BCUT2D eigenvalue weighted by atomic mass is 35.5. The predicted octanol–water partition coefficient (Wildman–Crippen LogP) is 2.06. The van der Waals surface area contributed by atoms with Crippen LogP contribution in [-0.4, -0.2) is 40.9 Å². The van der Waals surface area contributed by atoms with E-state index in [1.54, 1.807) is 12.1 Å². The van der Waals surface area contributed by atoms with Crippen molar-refractivity contribution in [3.63, 3.8) is 0 Å². The Balaban J connectivity index is 1.86. The number of aromatic nitrogens is 3. The zero-order chi connectivity index (χ0) is 14.1. The fourth-order valence-corrected chi connectivity index (χ4v) is 2.47. The van der Waals surface area contributed by atoms with Crippen molar-refractivity contribution in [3.05, 3.63) is 29.0 Å². The first-order valence-corrected chi connectivity index (χ1v) is 6.87. The Labute approximate surface area is 121 Å². The van der Waals surface area contributed by atoms with E-state index in [4.69, 9.17) is 11.6 Å². The summed E-state index contributed by atoms with van der Waals surface area (Å²) >= 11 is 5.75. The van der Waals surface area contributed by atoms with Crippen LogP contribution >= 0.6 is 11.6 Å². The topological polar surface area (TPSA) is 56.8 Å². The molecule has 0 spiro atoms. The highest BCUT2D eigenvalue weighted by molar-refractivity contribution is 6.30. The molecule has 2 aromatic rings. The van der Waals surface area contributed by atoms with Gasteiger partial charge < -0.3 is 10.2 Å². The van der Waals surface area contributed by atoms with Crippen LogP contribution in [0.5, 0.6) is 0 Å². The van der Waals surface area contributed by atoms with Crippen molar-refractivity contribution >= 4 is 17.5 Å². The molecule has 1 aromatic carbocycles. The van der Waals surface area contributed by atoms with E-state index < -0.39 is 5.82 Å². The van der Waals surface area contributed by atoms with Gasteiger partial charge in [-0.05, 0) is 25.1 Å². The highest BCUT2D eigenvalue weighted by Crippen LogP contribution is 2.24. The molecule has 20 heavy (non-hydrogen) atoms. The molecule has 1 aliphatic rings. The number of halogens is 2. The molecule has 2 heterocycles. The molecule has 7 heteroatoms. The van der Waals surface area contributed by atoms with Crippen LogP contribution in [0.15, 0.2) is 18.2 Å². The van der Waals surface area contributed by atoms with E-state index in [-0.39, 0.29) is 0 Å². The number of nitrogens with zero attached hydrogens (tertiary/aromatic N) is 3. The third kappa shape index (κ3) is 2.62. The summed E-state index contributed by atoms with van der Waals surface area (Å²) in [4.78, 5) is 6.46. The van der Waals surface area contributed by atoms with Crippen LogP contribution in [0.3, 0.4) is 0 Å². The molecule has 0 unspecified atom stereocenters. The molecule has 5 nitrogen and oxygen atoms in total. The molecule has 1 fully saturated rings. The molecule has 0 aliphatic carbocycles. The van der Waals surface area contributed by atoms with Crippen LogP contribution in [0.4, 0.5) is 10.3 Å². The van der Waals surface area contributed by atoms with Crippen LogP contribution in [-0.2, 0) is 0 Å². The molecule has 1 atom stereocenters. The van der Waals surface area contributed by atoms with Crippen molar-refractivity contribution in [2.24, 2.45) is 0 Å². The molecule has 1 saturated heterocycles. The van der Waals surface area contributed by atoms with E-state index in [0.717, 1.165) is 19.6 Å². The van der Waals surface area contributed by atoms with E-state index in [9.17, 15) is 4.39 Å². The quantitative estimate of drug-likeness (QED) is 0.890. The fourth-order valence-electron chi connectivity index (χ4n) is 2.31. The number of nitrogens with one attached hydrogen (secondary N) is 2. The number of benzene rings is 1. The minimum Gasteiger partial charge on any atom is -0.337 e. The number of piperazine rings is 1. The van der Waals surface area contributed by atoms with Gasteiger partial charge in [-0.25, -0.2) is 4.39 Å². The Morgan fingerprint density at radius 1 is 1.45 bits per heavy atom. The predicted molar refractivity (Wildman–Crippen MR) is 76.5 cm³/mol. The SMILES string of the molecule is C[C@@H]1CN(c2n[nH]c(-c3ccc(Cl)cc3F)n2)CCN1. The lowest BCUT2D eigenvalue weighted by atomic mass is 10.2. The summed E-state index contributed by atoms with van der Waals surface area (Å²) in [6.07, 6.45) is 0. The van der Waals surface area contributed by atoms with Gasteiger partial charge in [-0.2, -0.15) is 4.98 Å². The lowest BCUT2D eigenvalue weighted by molar-refractivity contribution is 0.480. The summed E-state index contributed by atoms with van der Waals surface area (Å²) in [5, 5.41) is 10.7. The van der Waals surface area contributed by atoms with Crippen molar-refractivity contribution in [3.8, 4) is 11.4 Å². The second kappa shape index (κ2) is 5.38. The number of hydrogen-bond donors (Lipinski definition) is 2. The minimum atomic E-state index is -0.408. The molecule has 1 aromatic heterocycles. The number of aromatic amines is 1. The second-order valence-electron chi connectivity index (χ2n) is 4.91. The molecule has 0 bridgehead atoms. The molecule has 3 rings (SSSR count). The van der Waals surface area contributed by atoms with Gasteiger partial charge in [0.05, 0.1) is 5.56 Å². The number of anilines is 1. The Morgan fingerprint density at radius 3 is 3.05 bits per heavy atom. The average molecular weight is 296 g/mol. The van der Waals surface area contributed by atoms with Crippen LogP contribution in [0.25, 0.3) is 11.4 Å². The number of rotatable bonds is 2. The first kappa shape index (κ1) is 13.3. The van der Waals surface area contributed by atoms with Gasteiger partial charge in [0.25, 0.3) is 0 Å². The summed E-state index contributed by atoms with van der Waals surface area (Å²) in [5.74, 6) is 0.608. The molecule has 2 N–H and O–H groups in total. The summed E-state index contributed by atoms with van der Waals surface area (Å²) in [6, 6.07) is 4.89.